The van der Waals surface area contributed by atoms with Crippen molar-refractivity contribution in [2.75, 3.05) is 29.4 Å². The molecule has 39 heavy (non-hydrogen) atoms. The lowest BCUT2D eigenvalue weighted by Gasteiger charge is -2.48. The predicted molar refractivity (Wildman–Crippen MR) is 166 cm³/mol. The fourth-order valence-corrected chi connectivity index (χ4v) is 5.86. The number of hydrogen-bond donors (Lipinski definition) is 0. The number of rotatable bonds is 5. The van der Waals surface area contributed by atoms with Crippen molar-refractivity contribution in [1.82, 2.24) is 19.5 Å². The number of benzene rings is 2. The average Bonchev–Trinajstić information content (AvgIpc) is 3.30. The first-order valence-corrected chi connectivity index (χ1v) is 14.7. The Labute approximate surface area is 241 Å². The molecule has 0 radical (unpaired) electrons. The Kier molecular flexibility index (Phi) is 7.25. The molecule has 0 aliphatic carbocycles. The van der Waals surface area contributed by atoms with Crippen molar-refractivity contribution >= 4 is 38.7 Å². The van der Waals surface area contributed by atoms with E-state index in [-0.39, 0.29) is 17.0 Å². The van der Waals surface area contributed by atoms with Gasteiger partial charge in [-0.25, -0.2) is 9.97 Å². The topological polar surface area (TPSA) is 50.1 Å². The molecule has 5 rings (SSSR count). The molecule has 206 valence electrons. The van der Waals surface area contributed by atoms with Gasteiger partial charge in [-0.15, -0.1) is 0 Å². The zero-order valence-corrected chi connectivity index (χ0v) is 26.2. The number of imidazole rings is 1. The summed E-state index contributed by atoms with van der Waals surface area (Å²) in [5.41, 5.74) is 8.06. The van der Waals surface area contributed by atoms with Crippen LogP contribution in [-0.2, 0) is 11.8 Å². The van der Waals surface area contributed by atoms with Crippen LogP contribution < -0.4 is 9.80 Å². The Morgan fingerprint density at radius 3 is 2.36 bits per heavy atom. The van der Waals surface area contributed by atoms with Gasteiger partial charge in [0.05, 0.1) is 17.6 Å². The van der Waals surface area contributed by atoms with Crippen LogP contribution in [0.1, 0.15) is 76.9 Å². The minimum absolute atomic E-state index is 0.0838. The van der Waals surface area contributed by atoms with E-state index in [1.54, 1.807) is 0 Å². The third kappa shape index (κ3) is 5.56. The van der Waals surface area contributed by atoms with Crippen LogP contribution in [-0.4, -0.2) is 44.7 Å². The molecule has 1 aliphatic rings. The van der Waals surface area contributed by atoms with Crippen LogP contribution >= 0.6 is 15.9 Å². The summed E-state index contributed by atoms with van der Waals surface area (Å²) in [5.74, 6) is 0.777. The van der Waals surface area contributed by atoms with E-state index < -0.39 is 0 Å². The Morgan fingerprint density at radius 1 is 1.00 bits per heavy atom. The third-order valence-corrected chi connectivity index (χ3v) is 8.47. The molecular weight excluding hydrogens is 548 g/mol. The molecule has 1 aliphatic heterocycles. The molecule has 1 fully saturated rings. The summed E-state index contributed by atoms with van der Waals surface area (Å²) < 4.78 is 3.31. The maximum absolute atomic E-state index is 5.27. The number of anilines is 2. The van der Waals surface area contributed by atoms with E-state index >= 15 is 0 Å². The van der Waals surface area contributed by atoms with Crippen molar-refractivity contribution in [3.05, 3.63) is 75.6 Å². The van der Waals surface area contributed by atoms with Crippen LogP contribution in [0, 0.1) is 6.92 Å². The number of aryl methyl sites for hydroxylation is 1. The van der Waals surface area contributed by atoms with Gasteiger partial charge in [0.15, 0.2) is 5.65 Å². The highest BCUT2D eigenvalue weighted by atomic mass is 79.9. The van der Waals surface area contributed by atoms with Gasteiger partial charge >= 0.3 is 0 Å². The molecule has 1 saturated heterocycles. The van der Waals surface area contributed by atoms with Crippen LogP contribution in [0.5, 0.6) is 0 Å². The zero-order chi connectivity index (χ0) is 28.1. The van der Waals surface area contributed by atoms with E-state index in [0.29, 0.717) is 0 Å². The molecule has 0 unspecified atom stereocenters. The number of aromatic nitrogens is 4. The molecule has 7 heteroatoms. The summed E-state index contributed by atoms with van der Waals surface area (Å²) in [6.07, 6.45) is 2.67. The Hall–Kier alpha value is -2.93. The number of nitrogens with zero attached hydrogens (tertiary/aromatic N) is 6. The van der Waals surface area contributed by atoms with E-state index in [9.17, 15) is 0 Å². The van der Waals surface area contributed by atoms with Crippen LogP contribution in [0.4, 0.5) is 11.6 Å². The minimum Gasteiger partial charge on any atom is -0.363 e. The standard InChI is InChI=1S/C32H41BrN6/c1-21(2)38-20-34-29-28(38)27(18-23-17-24(31(4,5)6)10-9-22(23)3)35-30(36-29)37-15-16-39(32(7,8)19-37)26-13-11-25(33)12-14-26/h9-14,17,20-21H,15-16,18-19H2,1-8H3. The molecule has 0 N–H and O–H groups in total. The summed E-state index contributed by atoms with van der Waals surface area (Å²) >= 11 is 3.57. The molecule has 6 nitrogen and oxygen atoms in total. The first-order chi connectivity index (χ1) is 18.3. The molecular formula is C32H41BrN6. The van der Waals surface area contributed by atoms with Crippen LogP contribution in [0.3, 0.4) is 0 Å². The number of piperazine rings is 1. The molecule has 3 heterocycles. The average molecular weight is 590 g/mol. The summed E-state index contributed by atoms with van der Waals surface area (Å²) in [6, 6.07) is 15.7. The maximum atomic E-state index is 5.27. The van der Waals surface area contributed by atoms with Crippen LogP contribution in [0.15, 0.2) is 53.3 Å². The largest absolute Gasteiger partial charge is 0.363 e. The monoisotopic (exact) mass is 588 g/mol. The molecule has 0 saturated carbocycles. The molecule has 0 bridgehead atoms. The molecule has 4 aromatic rings. The van der Waals surface area contributed by atoms with E-state index in [0.717, 1.165) is 53.3 Å². The van der Waals surface area contributed by atoms with Gasteiger partial charge in [0.25, 0.3) is 0 Å². The van der Waals surface area contributed by atoms with Gasteiger partial charge < -0.3 is 14.4 Å². The first-order valence-electron chi connectivity index (χ1n) is 13.9. The molecule has 2 aromatic heterocycles. The van der Waals surface area contributed by atoms with Gasteiger partial charge in [-0.2, -0.15) is 4.98 Å². The van der Waals surface area contributed by atoms with Gasteiger partial charge in [-0.3, -0.25) is 0 Å². The van der Waals surface area contributed by atoms with E-state index in [1.807, 2.05) is 6.33 Å². The summed E-state index contributed by atoms with van der Waals surface area (Å²) in [6.45, 7) is 20.6. The van der Waals surface area contributed by atoms with Crippen molar-refractivity contribution in [3.8, 4) is 0 Å². The van der Waals surface area contributed by atoms with E-state index in [1.165, 1.54) is 22.4 Å². The summed E-state index contributed by atoms with van der Waals surface area (Å²) in [7, 11) is 0. The fourth-order valence-electron chi connectivity index (χ4n) is 5.59. The van der Waals surface area contributed by atoms with Gasteiger partial charge in [0, 0.05) is 42.3 Å². The van der Waals surface area contributed by atoms with E-state index in [2.05, 4.69) is 128 Å². The van der Waals surface area contributed by atoms with Gasteiger partial charge in [0.2, 0.25) is 5.95 Å². The van der Waals surface area contributed by atoms with Crippen molar-refractivity contribution < 1.29 is 0 Å². The SMILES string of the molecule is Cc1ccc(C(C)(C)C)cc1Cc1nc(N2CCN(c3ccc(Br)cc3)C(C)(C)C2)nc2ncn(C(C)C)c12. The van der Waals surface area contributed by atoms with Gasteiger partial charge in [-0.1, -0.05) is 54.9 Å². The Morgan fingerprint density at radius 2 is 1.72 bits per heavy atom. The quantitative estimate of drug-likeness (QED) is 0.242. The zero-order valence-electron chi connectivity index (χ0n) is 24.6. The summed E-state index contributed by atoms with van der Waals surface area (Å²) in [5, 5.41) is 0. The number of halogens is 1. The van der Waals surface area contributed by atoms with Crippen molar-refractivity contribution in [1.29, 1.82) is 0 Å². The highest BCUT2D eigenvalue weighted by Crippen LogP contribution is 2.32. The highest BCUT2D eigenvalue weighted by Gasteiger charge is 2.35. The minimum atomic E-state index is -0.0838. The molecule has 0 atom stereocenters. The molecule has 2 aromatic carbocycles. The number of hydrogen-bond acceptors (Lipinski definition) is 5. The predicted octanol–water partition coefficient (Wildman–Crippen LogP) is 7.47. The Balaban J connectivity index is 1.53. The lowest BCUT2D eigenvalue weighted by Crippen LogP contribution is -2.60. The second-order valence-electron chi connectivity index (χ2n) is 12.8. The van der Waals surface area contributed by atoms with Gasteiger partial charge in [-0.05, 0) is 81.0 Å². The second-order valence-corrected chi connectivity index (χ2v) is 13.7. The summed E-state index contributed by atoms with van der Waals surface area (Å²) in [4.78, 5) is 19.9. The van der Waals surface area contributed by atoms with Crippen LogP contribution in [0.25, 0.3) is 11.2 Å². The molecule has 0 amide bonds. The number of fused-ring (bicyclic) bond motifs is 1. The van der Waals surface area contributed by atoms with Crippen molar-refractivity contribution in [2.24, 2.45) is 0 Å². The van der Waals surface area contributed by atoms with Crippen molar-refractivity contribution in [2.45, 2.75) is 78.8 Å². The van der Waals surface area contributed by atoms with Crippen LogP contribution in [0.2, 0.25) is 0 Å². The smallest absolute Gasteiger partial charge is 0.227 e. The fraction of sp³-hybridized carbons (Fsp3) is 0.469. The molecule has 0 spiro atoms. The van der Waals surface area contributed by atoms with Crippen molar-refractivity contribution in [3.63, 3.8) is 0 Å². The lowest BCUT2D eigenvalue weighted by molar-refractivity contribution is 0.411. The van der Waals surface area contributed by atoms with E-state index in [4.69, 9.17) is 15.0 Å². The first kappa shape index (κ1) is 27.6. The third-order valence-electron chi connectivity index (χ3n) is 7.94. The second kappa shape index (κ2) is 10.2. The lowest BCUT2D eigenvalue weighted by atomic mass is 9.84. The maximum Gasteiger partial charge on any atom is 0.227 e. The Bertz CT molecular complexity index is 1480. The highest BCUT2D eigenvalue weighted by molar-refractivity contribution is 9.10. The van der Waals surface area contributed by atoms with Gasteiger partial charge in [0.1, 0.15) is 5.52 Å². The normalized spacial score (nSPS) is 15.9.